The minimum Gasteiger partial charge on any atom is -1.00 e. The molecule has 3 nitrogen and oxygen atoms in total. The number of benzene rings is 4. The Hall–Kier alpha value is -2.24. The SMILES string of the molecule is CC[C@H](C)[C@@H](C[P+](Cc1ccc(Br)cc1)(c1ccccc1)c1ccccc1)NC(=S)Nc1ccc(OC)cc1.[Br-]. The summed E-state index contributed by atoms with van der Waals surface area (Å²) in [6, 6.07) is 39.1. The number of hydrogen-bond donors (Lipinski definition) is 2. The Balaban J connectivity index is 0.00000441. The molecule has 40 heavy (non-hydrogen) atoms. The summed E-state index contributed by atoms with van der Waals surface area (Å²) in [5.41, 5.74) is 2.29. The molecule has 0 amide bonds. The van der Waals surface area contributed by atoms with E-state index in [-0.39, 0.29) is 23.0 Å². The van der Waals surface area contributed by atoms with Crippen LogP contribution in [0.5, 0.6) is 5.75 Å². The quantitative estimate of drug-likeness (QED) is 0.170. The number of rotatable bonds is 11. The Morgan fingerprint density at radius 3 is 1.90 bits per heavy atom. The summed E-state index contributed by atoms with van der Waals surface area (Å²) in [6.45, 7) is 4.59. The van der Waals surface area contributed by atoms with E-state index in [1.807, 2.05) is 24.3 Å². The highest BCUT2D eigenvalue weighted by molar-refractivity contribution is 9.10. The number of anilines is 1. The zero-order chi connectivity index (χ0) is 27.7. The predicted molar refractivity (Wildman–Crippen MR) is 177 cm³/mol. The third-order valence-corrected chi connectivity index (χ3v) is 12.6. The average Bonchev–Trinajstić information content (AvgIpc) is 2.98. The molecule has 0 radical (unpaired) electrons. The van der Waals surface area contributed by atoms with Gasteiger partial charge in [0.15, 0.2) is 5.11 Å². The smallest absolute Gasteiger partial charge is 0.171 e. The maximum atomic E-state index is 5.86. The topological polar surface area (TPSA) is 33.3 Å². The van der Waals surface area contributed by atoms with Gasteiger partial charge < -0.3 is 32.4 Å². The van der Waals surface area contributed by atoms with Gasteiger partial charge in [-0.3, -0.25) is 0 Å². The zero-order valence-corrected chi connectivity index (χ0v) is 28.1. The standard InChI is InChI=1S/C33H36BrN2OPS.BrH/c1-4-25(2)32(36-33(39)35-28-19-21-29(37-3)22-20-28)24-38(30-11-7-5-8-12-30,31-13-9-6-10-14-31)23-26-15-17-27(34)18-16-26;/h5-22,25,32H,4,23-24H2,1-3H3,(H-,35,36,39);1H/t25-,32+;/m0./s1. The minimum atomic E-state index is -1.89. The van der Waals surface area contributed by atoms with E-state index in [9.17, 15) is 0 Å². The number of ether oxygens (including phenoxy) is 1. The fourth-order valence-corrected chi connectivity index (χ4v) is 10.1. The van der Waals surface area contributed by atoms with Gasteiger partial charge in [0, 0.05) is 10.2 Å². The Kier molecular flexibility index (Phi) is 12.6. The van der Waals surface area contributed by atoms with Crippen LogP contribution in [0.2, 0.25) is 0 Å². The average molecular weight is 701 g/mol. The van der Waals surface area contributed by atoms with Crippen LogP contribution in [0.3, 0.4) is 0 Å². The van der Waals surface area contributed by atoms with E-state index >= 15 is 0 Å². The molecule has 210 valence electrons. The summed E-state index contributed by atoms with van der Waals surface area (Å²) >= 11 is 9.48. The molecule has 0 aromatic heterocycles. The van der Waals surface area contributed by atoms with Crippen molar-refractivity contribution in [2.75, 3.05) is 18.6 Å². The van der Waals surface area contributed by atoms with E-state index in [0.29, 0.717) is 11.0 Å². The van der Waals surface area contributed by atoms with Crippen molar-refractivity contribution in [2.24, 2.45) is 5.92 Å². The first-order chi connectivity index (χ1) is 18.9. The molecular weight excluding hydrogens is 663 g/mol. The van der Waals surface area contributed by atoms with Crippen molar-refractivity contribution in [1.82, 2.24) is 5.32 Å². The summed E-state index contributed by atoms with van der Waals surface area (Å²) in [4.78, 5) is 0. The first kappa shape index (κ1) is 32.3. The molecule has 0 heterocycles. The third kappa shape index (κ3) is 8.39. The van der Waals surface area contributed by atoms with Crippen molar-refractivity contribution in [1.29, 1.82) is 0 Å². The van der Waals surface area contributed by atoms with Crippen LogP contribution >= 0.6 is 35.4 Å². The summed E-state index contributed by atoms with van der Waals surface area (Å²) in [7, 11) is -0.217. The van der Waals surface area contributed by atoms with E-state index in [4.69, 9.17) is 17.0 Å². The number of methoxy groups -OCH3 is 1. The van der Waals surface area contributed by atoms with Crippen LogP contribution in [0, 0.1) is 5.92 Å². The molecule has 0 bridgehead atoms. The summed E-state index contributed by atoms with van der Waals surface area (Å²) in [5, 5.41) is 10.6. The van der Waals surface area contributed by atoms with Crippen LogP contribution in [-0.4, -0.2) is 24.4 Å². The van der Waals surface area contributed by atoms with E-state index in [2.05, 4.69) is 125 Å². The summed E-state index contributed by atoms with van der Waals surface area (Å²) < 4.78 is 6.40. The molecule has 2 N–H and O–H groups in total. The highest BCUT2D eigenvalue weighted by Gasteiger charge is 2.46. The number of halogens is 2. The Labute approximate surface area is 264 Å². The van der Waals surface area contributed by atoms with E-state index in [0.717, 1.165) is 34.7 Å². The highest BCUT2D eigenvalue weighted by atomic mass is 79.9. The van der Waals surface area contributed by atoms with Crippen molar-refractivity contribution in [2.45, 2.75) is 32.5 Å². The first-order valence-corrected chi connectivity index (χ1v) is 16.7. The second-order valence-electron chi connectivity index (χ2n) is 9.93. The molecule has 2 atom stereocenters. The van der Waals surface area contributed by atoms with Crippen LogP contribution < -0.4 is 43.0 Å². The van der Waals surface area contributed by atoms with Crippen molar-refractivity contribution in [3.05, 3.63) is 119 Å². The lowest BCUT2D eigenvalue weighted by Gasteiger charge is -2.34. The maximum absolute atomic E-state index is 5.86. The molecule has 0 unspecified atom stereocenters. The van der Waals surface area contributed by atoms with Gasteiger partial charge in [0.25, 0.3) is 0 Å². The van der Waals surface area contributed by atoms with Gasteiger partial charge in [-0.25, -0.2) is 0 Å². The fourth-order valence-electron chi connectivity index (χ4n) is 4.93. The van der Waals surface area contributed by atoms with Crippen LogP contribution in [0.4, 0.5) is 5.69 Å². The highest BCUT2D eigenvalue weighted by Crippen LogP contribution is 2.60. The largest absolute Gasteiger partial charge is 1.00 e. The predicted octanol–water partition coefficient (Wildman–Crippen LogP) is 5.03. The number of hydrogen-bond acceptors (Lipinski definition) is 2. The van der Waals surface area contributed by atoms with Gasteiger partial charge in [-0.1, -0.05) is 84.7 Å². The molecule has 4 aromatic carbocycles. The summed E-state index contributed by atoms with van der Waals surface area (Å²) in [6.07, 6.45) is 3.04. The summed E-state index contributed by atoms with van der Waals surface area (Å²) in [5.74, 6) is 1.25. The van der Waals surface area contributed by atoms with E-state index in [1.165, 1.54) is 16.2 Å². The van der Waals surface area contributed by atoms with Gasteiger partial charge >= 0.3 is 0 Å². The molecule has 0 saturated carbocycles. The van der Waals surface area contributed by atoms with Crippen molar-refractivity contribution in [3.8, 4) is 5.75 Å². The Morgan fingerprint density at radius 1 is 0.850 bits per heavy atom. The Bertz CT molecular complexity index is 1280. The molecule has 0 aliphatic heterocycles. The lowest BCUT2D eigenvalue weighted by atomic mass is 10.0. The normalized spacial score (nSPS) is 12.5. The van der Waals surface area contributed by atoms with Gasteiger partial charge in [-0.05, 0) is 84.4 Å². The molecular formula is C33H37Br2N2OPS. The first-order valence-electron chi connectivity index (χ1n) is 13.4. The molecule has 0 fully saturated rings. The van der Waals surface area contributed by atoms with E-state index in [1.54, 1.807) is 7.11 Å². The molecule has 4 aromatic rings. The third-order valence-electron chi connectivity index (χ3n) is 7.37. The van der Waals surface area contributed by atoms with Crippen molar-refractivity contribution >= 4 is 56.8 Å². The minimum absolute atomic E-state index is 0. The number of thiocarbonyl (C=S) groups is 1. The molecule has 7 heteroatoms. The van der Waals surface area contributed by atoms with Gasteiger partial charge in [0.1, 0.15) is 5.75 Å². The zero-order valence-electron chi connectivity index (χ0n) is 23.2. The second-order valence-corrected chi connectivity index (χ2v) is 14.9. The van der Waals surface area contributed by atoms with Gasteiger partial charge in [0.2, 0.25) is 0 Å². The lowest BCUT2D eigenvalue weighted by Crippen LogP contribution is -3.00. The maximum Gasteiger partial charge on any atom is 0.171 e. The van der Waals surface area contributed by atoms with Gasteiger partial charge in [-0.15, -0.1) is 0 Å². The van der Waals surface area contributed by atoms with Crippen molar-refractivity contribution in [3.63, 3.8) is 0 Å². The fraction of sp³-hybridized carbons (Fsp3) is 0.242. The second kappa shape index (κ2) is 15.7. The monoisotopic (exact) mass is 698 g/mol. The molecule has 0 aliphatic carbocycles. The Morgan fingerprint density at radius 2 is 1.40 bits per heavy atom. The molecule has 0 aliphatic rings. The molecule has 0 saturated heterocycles. The van der Waals surface area contributed by atoms with E-state index < -0.39 is 7.26 Å². The number of nitrogens with one attached hydrogen (secondary N) is 2. The van der Waals surface area contributed by atoms with Crippen LogP contribution in [0.15, 0.2) is 114 Å². The van der Waals surface area contributed by atoms with Gasteiger partial charge in [0.05, 0.1) is 43.3 Å². The molecule has 4 rings (SSSR count). The van der Waals surface area contributed by atoms with Crippen molar-refractivity contribution < 1.29 is 21.7 Å². The van der Waals surface area contributed by atoms with Crippen LogP contribution in [0.25, 0.3) is 0 Å². The van der Waals surface area contributed by atoms with Gasteiger partial charge in [-0.2, -0.15) is 0 Å². The lowest BCUT2D eigenvalue weighted by molar-refractivity contribution is -0.00000807. The van der Waals surface area contributed by atoms with Crippen LogP contribution in [0.1, 0.15) is 25.8 Å². The molecule has 0 spiro atoms. The van der Waals surface area contributed by atoms with Crippen LogP contribution in [-0.2, 0) is 6.16 Å².